The van der Waals surface area contributed by atoms with E-state index in [0.717, 1.165) is 11.3 Å². The number of ether oxygens (including phenoxy) is 1. The summed E-state index contributed by atoms with van der Waals surface area (Å²) in [5, 5.41) is 9.20. The maximum absolute atomic E-state index is 9.20. The summed E-state index contributed by atoms with van der Waals surface area (Å²) < 4.78 is 4.81. The van der Waals surface area contributed by atoms with E-state index in [1.807, 2.05) is 12.1 Å². The summed E-state index contributed by atoms with van der Waals surface area (Å²) in [6.45, 7) is 0. The van der Waals surface area contributed by atoms with Crippen molar-refractivity contribution >= 4 is 5.76 Å². The molecule has 0 saturated heterocycles. The maximum atomic E-state index is 9.20. The number of hydrogen-bond donors (Lipinski definition) is 1. The van der Waals surface area contributed by atoms with Gasteiger partial charge in [0, 0.05) is 0 Å². The van der Waals surface area contributed by atoms with Gasteiger partial charge in [-0.3, -0.25) is 0 Å². The molecule has 0 bridgehead atoms. The summed E-state index contributed by atoms with van der Waals surface area (Å²) in [7, 11) is 0. The van der Waals surface area contributed by atoms with Crippen LogP contribution in [0.25, 0.3) is 5.76 Å². The van der Waals surface area contributed by atoms with Crippen LogP contribution in [0.3, 0.4) is 0 Å². The van der Waals surface area contributed by atoms with Crippen molar-refractivity contribution in [3.63, 3.8) is 0 Å². The first-order valence-electron chi connectivity index (χ1n) is 3.03. The van der Waals surface area contributed by atoms with Crippen LogP contribution in [0.2, 0.25) is 0 Å². The van der Waals surface area contributed by atoms with E-state index in [1.165, 1.54) is 0 Å². The predicted molar refractivity (Wildman–Crippen MR) is 37.2 cm³/mol. The second kappa shape index (κ2) is 1.77. The summed E-state index contributed by atoms with van der Waals surface area (Å²) in [5.74, 6) is 1.03. The van der Waals surface area contributed by atoms with Gasteiger partial charge in [-0.15, -0.1) is 0 Å². The van der Waals surface area contributed by atoms with Gasteiger partial charge in [0.05, 0.1) is 5.56 Å². The van der Waals surface area contributed by atoms with Crippen LogP contribution >= 0.6 is 0 Å². The first-order valence-corrected chi connectivity index (χ1v) is 3.03. The second-order valence-electron chi connectivity index (χ2n) is 2.12. The molecular weight excluding hydrogens is 128 g/mol. The Kier molecular flexibility index (Phi) is 0.947. The van der Waals surface area contributed by atoms with Gasteiger partial charge in [0.1, 0.15) is 12.0 Å². The molecular formula is C8H6O2. The Balaban J connectivity index is 2.49. The molecule has 10 heavy (non-hydrogen) atoms. The average molecular weight is 134 g/mol. The van der Waals surface area contributed by atoms with Crippen LogP contribution in [-0.4, -0.2) is 5.11 Å². The highest BCUT2D eigenvalue weighted by Crippen LogP contribution is 2.32. The minimum Gasteiger partial charge on any atom is -0.507 e. The molecule has 1 N–H and O–H groups in total. The molecule has 2 nitrogen and oxygen atoms in total. The molecule has 50 valence electrons. The Morgan fingerprint density at radius 3 is 2.50 bits per heavy atom. The van der Waals surface area contributed by atoms with E-state index in [4.69, 9.17) is 4.74 Å². The molecule has 0 unspecified atom stereocenters. The fourth-order valence-corrected chi connectivity index (χ4v) is 0.838. The van der Waals surface area contributed by atoms with Crippen molar-refractivity contribution < 1.29 is 9.84 Å². The first kappa shape index (κ1) is 5.35. The van der Waals surface area contributed by atoms with Gasteiger partial charge in [0.15, 0.2) is 5.76 Å². The summed E-state index contributed by atoms with van der Waals surface area (Å²) in [5.41, 5.74) is 0.766. The summed E-state index contributed by atoms with van der Waals surface area (Å²) >= 11 is 0. The van der Waals surface area contributed by atoms with Crippen LogP contribution in [0, 0.1) is 0 Å². The van der Waals surface area contributed by atoms with Gasteiger partial charge in [-0.25, -0.2) is 0 Å². The summed E-state index contributed by atoms with van der Waals surface area (Å²) in [6.07, 6.45) is 1.61. The number of phenols is 1. The number of benzene rings is 1. The second-order valence-corrected chi connectivity index (χ2v) is 2.12. The van der Waals surface area contributed by atoms with Gasteiger partial charge in [-0.1, -0.05) is 12.1 Å². The van der Waals surface area contributed by atoms with Crippen molar-refractivity contribution in [2.75, 3.05) is 0 Å². The third kappa shape index (κ3) is 0.739. The lowest BCUT2D eigenvalue weighted by molar-refractivity contribution is 0.469. The molecule has 1 aliphatic rings. The molecule has 1 aromatic carbocycles. The number of para-hydroxylation sites is 1. The molecule has 1 aromatic rings. The topological polar surface area (TPSA) is 32.8 Å². The van der Waals surface area contributed by atoms with Crippen LogP contribution in [-0.2, 0) is 4.74 Å². The summed E-state index contributed by atoms with van der Waals surface area (Å²) in [6, 6.07) is 7.09. The van der Waals surface area contributed by atoms with Crippen LogP contribution in [0.4, 0.5) is 0 Å². The molecule has 0 amide bonds. The maximum Gasteiger partial charge on any atom is 0.172 e. The Hall–Kier alpha value is -1.44. The highest BCUT2D eigenvalue weighted by Gasteiger charge is 2.15. The number of hydrogen-bond acceptors (Lipinski definition) is 2. The van der Waals surface area contributed by atoms with E-state index in [2.05, 4.69) is 0 Å². The fraction of sp³-hybridized carbons (Fsp3) is 0. The molecule has 0 aliphatic carbocycles. The lowest BCUT2D eigenvalue weighted by atomic mass is 10.2. The van der Waals surface area contributed by atoms with Gasteiger partial charge in [-0.05, 0) is 12.1 Å². The van der Waals surface area contributed by atoms with E-state index in [9.17, 15) is 5.11 Å². The molecule has 1 heterocycles. The van der Waals surface area contributed by atoms with Crippen molar-refractivity contribution in [2.24, 2.45) is 0 Å². The minimum atomic E-state index is 0.270. The minimum absolute atomic E-state index is 0.270. The zero-order valence-electron chi connectivity index (χ0n) is 5.24. The van der Waals surface area contributed by atoms with E-state index in [0.29, 0.717) is 0 Å². The lowest BCUT2D eigenvalue weighted by Gasteiger charge is -1.94. The Bertz CT molecular complexity index is 289. The van der Waals surface area contributed by atoms with Gasteiger partial charge >= 0.3 is 0 Å². The normalized spacial score (nSPS) is 13.8. The molecule has 2 heteroatoms. The zero-order chi connectivity index (χ0) is 6.97. The molecule has 1 aliphatic heterocycles. The van der Waals surface area contributed by atoms with E-state index in [-0.39, 0.29) is 5.75 Å². The van der Waals surface area contributed by atoms with Crippen molar-refractivity contribution in [2.45, 2.75) is 0 Å². The van der Waals surface area contributed by atoms with Crippen LogP contribution in [0.15, 0.2) is 30.5 Å². The van der Waals surface area contributed by atoms with Gasteiger partial charge in [0.25, 0.3) is 0 Å². The number of aromatic hydroxyl groups is 1. The van der Waals surface area contributed by atoms with Crippen LogP contribution in [0.5, 0.6) is 5.75 Å². The first-order chi connectivity index (χ1) is 4.88. The predicted octanol–water partition coefficient (Wildman–Crippen LogP) is 1.72. The van der Waals surface area contributed by atoms with Crippen molar-refractivity contribution in [3.05, 3.63) is 36.1 Å². The Morgan fingerprint density at radius 1 is 1.20 bits per heavy atom. The van der Waals surface area contributed by atoms with Gasteiger partial charge in [0.2, 0.25) is 0 Å². The van der Waals surface area contributed by atoms with Crippen LogP contribution in [0.1, 0.15) is 5.56 Å². The lowest BCUT2D eigenvalue weighted by Crippen LogP contribution is -1.73. The third-order valence-electron chi connectivity index (χ3n) is 1.41. The Labute approximate surface area is 58.4 Å². The zero-order valence-corrected chi connectivity index (χ0v) is 5.24. The molecule has 2 rings (SSSR count). The van der Waals surface area contributed by atoms with E-state index in [1.54, 1.807) is 18.4 Å². The number of phenolic OH excluding ortho intramolecular Hbond substituents is 1. The van der Waals surface area contributed by atoms with E-state index < -0.39 is 0 Å². The smallest absolute Gasteiger partial charge is 0.172 e. The standard InChI is InChI=1S/C8H6O2/c9-7-4-2-1-3-6(7)8-5-10-8/h1-5,9H. The van der Waals surface area contributed by atoms with Crippen molar-refractivity contribution in [1.29, 1.82) is 0 Å². The highest BCUT2D eigenvalue weighted by atomic mass is 16.5. The molecule has 0 spiro atoms. The van der Waals surface area contributed by atoms with Crippen LogP contribution < -0.4 is 0 Å². The SMILES string of the molecule is Oc1ccccc1C1=CO1. The molecule has 0 fully saturated rings. The third-order valence-corrected chi connectivity index (χ3v) is 1.41. The molecule has 0 radical (unpaired) electrons. The Morgan fingerprint density at radius 2 is 1.90 bits per heavy atom. The summed E-state index contributed by atoms with van der Waals surface area (Å²) in [4.78, 5) is 0. The molecule has 0 atom stereocenters. The quantitative estimate of drug-likeness (QED) is 0.634. The molecule has 0 saturated carbocycles. The largest absolute Gasteiger partial charge is 0.507 e. The van der Waals surface area contributed by atoms with Crippen molar-refractivity contribution in [1.82, 2.24) is 0 Å². The fourth-order valence-electron chi connectivity index (χ4n) is 0.838. The van der Waals surface area contributed by atoms with E-state index >= 15 is 0 Å². The highest BCUT2D eigenvalue weighted by molar-refractivity contribution is 5.71. The average Bonchev–Trinajstić information content (AvgIpc) is 2.71. The monoisotopic (exact) mass is 134 g/mol. The van der Waals surface area contributed by atoms with Crippen molar-refractivity contribution in [3.8, 4) is 5.75 Å². The van der Waals surface area contributed by atoms with Gasteiger partial charge < -0.3 is 9.84 Å². The number of rotatable bonds is 1. The molecule has 0 aromatic heterocycles. The van der Waals surface area contributed by atoms with Gasteiger partial charge in [-0.2, -0.15) is 0 Å².